The molecule has 0 unspecified atom stereocenters. The lowest BCUT2D eigenvalue weighted by atomic mass is 9.93. The molecule has 0 saturated carbocycles. The van der Waals surface area contributed by atoms with Crippen molar-refractivity contribution in [3.63, 3.8) is 0 Å². The van der Waals surface area contributed by atoms with Crippen molar-refractivity contribution in [1.82, 2.24) is 9.13 Å². The van der Waals surface area contributed by atoms with Gasteiger partial charge in [-0.25, -0.2) is 9.79 Å². The van der Waals surface area contributed by atoms with Crippen molar-refractivity contribution >= 4 is 40.0 Å². The van der Waals surface area contributed by atoms with Crippen molar-refractivity contribution in [3.05, 3.63) is 140 Å². The van der Waals surface area contributed by atoms with E-state index in [1.807, 2.05) is 91.1 Å². The van der Waals surface area contributed by atoms with E-state index in [9.17, 15) is 9.59 Å². The molecule has 8 heteroatoms. The number of benzene rings is 3. The molecule has 0 aliphatic carbocycles. The van der Waals surface area contributed by atoms with Gasteiger partial charge in [-0.1, -0.05) is 78.1 Å². The third kappa shape index (κ3) is 4.80. The highest BCUT2D eigenvalue weighted by molar-refractivity contribution is 7.07. The zero-order chi connectivity index (χ0) is 29.2. The summed E-state index contributed by atoms with van der Waals surface area (Å²) in [4.78, 5) is 33.3. The number of thiazole rings is 1. The Morgan fingerprint density at radius 2 is 1.86 bits per heavy atom. The molecular weight excluding hydrogens is 546 g/mol. The standard InChI is InChI=1S/C34H29N3O4S/c1-4-18-36-21-24(26-16-9-10-17-27(26)36)20-28-32(38)37-31(23-14-11-15-25(19-23)40-3)29(33(39)41-5-2)30(35-34(37)42-28)22-12-7-6-8-13-22/h4,6-17,19-21,31H,1,5,18H2,2-3H3/b28-20-/t31-/m0/s1. The summed E-state index contributed by atoms with van der Waals surface area (Å²) in [5, 5.41) is 1.03. The largest absolute Gasteiger partial charge is 0.497 e. The molecule has 3 aromatic carbocycles. The number of fused-ring (bicyclic) bond motifs is 2. The first-order valence-corrected chi connectivity index (χ1v) is 14.5. The average Bonchev–Trinajstić information content (AvgIpc) is 3.53. The quantitative estimate of drug-likeness (QED) is 0.191. The summed E-state index contributed by atoms with van der Waals surface area (Å²) in [5.74, 6) is 0.0980. The number of esters is 1. The molecule has 1 atom stereocenters. The highest BCUT2D eigenvalue weighted by Crippen LogP contribution is 2.36. The summed E-state index contributed by atoms with van der Waals surface area (Å²) in [6.45, 7) is 6.48. The third-order valence-corrected chi connectivity index (χ3v) is 8.20. The Morgan fingerprint density at radius 1 is 1.07 bits per heavy atom. The fraction of sp³-hybridized carbons (Fsp3) is 0.147. The number of ether oxygens (including phenoxy) is 2. The van der Waals surface area contributed by atoms with Crippen LogP contribution in [0.3, 0.4) is 0 Å². The van der Waals surface area contributed by atoms with Crippen molar-refractivity contribution < 1.29 is 14.3 Å². The van der Waals surface area contributed by atoms with Crippen LogP contribution in [0.15, 0.2) is 113 Å². The SMILES string of the molecule is C=CCn1cc(/C=c2\sc3n(c2=O)[C@@H](c2cccc(OC)c2)C(C(=O)OCC)=C(c2ccccc2)N=3)c2ccccc21. The van der Waals surface area contributed by atoms with Gasteiger partial charge in [-0.15, -0.1) is 6.58 Å². The van der Waals surface area contributed by atoms with E-state index < -0.39 is 12.0 Å². The molecular formula is C34H29N3O4S. The van der Waals surface area contributed by atoms with Gasteiger partial charge in [0.15, 0.2) is 4.80 Å². The van der Waals surface area contributed by atoms with E-state index in [1.165, 1.54) is 11.3 Å². The predicted molar refractivity (Wildman–Crippen MR) is 166 cm³/mol. The zero-order valence-corrected chi connectivity index (χ0v) is 24.1. The van der Waals surface area contributed by atoms with E-state index in [-0.39, 0.29) is 12.2 Å². The van der Waals surface area contributed by atoms with Crippen molar-refractivity contribution in [2.45, 2.75) is 19.5 Å². The maximum atomic E-state index is 14.2. The van der Waals surface area contributed by atoms with E-state index in [2.05, 4.69) is 17.2 Å². The van der Waals surface area contributed by atoms with Crippen molar-refractivity contribution in [1.29, 1.82) is 0 Å². The fourth-order valence-electron chi connectivity index (χ4n) is 5.39. The molecule has 42 heavy (non-hydrogen) atoms. The van der Waals surface area contributed by atoms with Crippen molar-refractivity contribution in [3.8, 4) is 5.75 Å². The van der Waals surface area contributed by atoms with Gasteiger partial charge < -0.3 is 14.0 Å². The molecule has 2 aromatic heterocycles. The van der Waals surface area contributed by atoms with Crippen LogP contribution in [0.1, 0.15) is 29.7 Å². The third-order valence-electron chi connectivity index (χ3n) is 7.22. The highest BCUT2D eigenvalue weighted by atomic mass is 32.1. The summed E-state index contributed by atoms with van der Waals surface area (Å²) < 4.78 is 15.3. The Balaban J connectivity index is 1.65. The summed E-state index contributed by atoms with van der Waals surface area (Å²) in [5.41, 5.74) is 4.01. The van der Waals surface area contributed by atoms with E-state index in [1.54, 1.807) is 18.6 Å². The molecule has 1 aliphatic rings. The summed E-state index contributed by atoms with van der Waals surface area (Å²) in [6, 6.07) is 24.2. The molecule has 0 amide bonds. The van der Waals surface area contributed by atoms with Gasteiger partial charge in [0, 0.05) is 34.8 Å². The van der Waals surface area contributed by atoms with Gasteiger partial charge >= 0.3 is 5.97 Å². The van der Waals surface area contributed by atoms with Crippen LogP contribution in [0.25, 0.3) is 22.7 Å². The van der Waals surface area contributed by atoms with Crippen LogP contribution < -0.4 is 19.6 Å². The van der Waals surface area contributed by atoms with Gasteiger partial charge in [-0.05, 0) is 36.8 Å². The van der Waals surface area contributed by atoms with Gasteiger partial charge in [0.05, 0.1) is 35.6 Å². The molecule has 7 nitrogen and oxygen atoms in total. The van der Waals surface area contributed by atoms with Crippen LogP contribution in [0.4, 0.5) is 0 Å². The highest BCUT2D eigenvalue weighted by Gasteiger charge is 2.35. The minimum Gasteiger partial charge on any atom is -0.497 e. The van der Waals surface area contributed by atoms with Gasteiger partial charge in [0.2, 0.25) is 0 Å². The summed E-state index contributed by atoms with van der Waals surface area (Å²) in [6.07, 6.45) is 5.79. The average molecular weight is 576 g/mol. The number of carbonyl (C=O) groups excluding carboxylic acids is 1. The number of para-hydroxylation sites is 1. The lowest BCUT2D eigenvalue weighted by Gasteiger charge is -2.26. The van der Waals surface area contributed by atoms with Crippen LogP contribution in [-0.2, 0) is 16.1 Å². The van der Waals surface area contributed by atoms with Crippen LogP contribution >= 0.6 is 11.3 Å². The molecule has 5 aromatic rings. The van der Waals surface area contributed by atoms with Crippen LogP contribution in [-0.4, -0.2) is 28.8 Å². The second kappa shape index (κ2) is 11.5. The van der Waals surface area contributed by atoms with Crippen molar-refractivity contribution in [2.75, 3.05) is 13.7 Å². The van der Waals surface area contributed by atoms with E-state index in [0.717, 1.165) is 27.6 Å². The molecule has 210 valence electrons. The Hall–Kier alpha value is -4.95. The lowest BCUT2D eigenvalue weighted by Crippen LogP contribution is -2.40. The van der Waals surface area contributed by atoms with Crippen LogP contribution in [0, 0.1) is 0 Å². The molecule has 3 heterocycles. The number of allylic oxidation sites excluding steroid dienone is 1. The normalized spacial score (nSPS) is 14.9. The number of hydrogen-bond acceptors (Lipinski definition) is 6. The van der Waals surface area contributed by atoms with Gasteiger partial charge in [0.25, 0.3) is 5.56 Å². The molecule has 0 spiro atoms. The smallest absolute Gasteiger partial charge is 0.338 e. The van der Waals surface area contributed by atoms with Gasteiger partial charge in [0.1, 0.15) is 5.75 Å². The number of carbonyl (C=O) groups is 1. The Labute approximate surface area is 246 Å². The second-order valence-electron chi connectivity index (χ2n) is 9.75. The van der Waals surface area contributed by atoms with E-state index in [0.29, 0.717) is 32.9 Å². The molecule has 0 fully saturated rings. The van der Waals surface area contributed by atoms with Gasteiger partial charge in [-0.2, -0.15) is 0 Å². The van der Waals surface area contributed by atoms with Crippen LogP contribution in [0.5, 0.6) is 5.75 Å². The maximum absolute atomic E-state index is 14.2. The monoisotopic (exact) mass is 575 g/mol. The number of nitrogens with zero attached hydrogens (tertiary/aromatic N) is 3. The molecule has 0 saturated heterocycles. The summed E-state index contributed by atoms with van der Waals surface area (Å²) in [7, 11) is 1.59. The molecule has 0 radical (unpaired) electrons. The predicted octanol–water partition coefficient (Wildman–Crippen LogP) is 5.08. The maximum Gasteiger partial charge on any atom is 0.338 e. The Morgan fingerprint density at radius 3 is 2.62 bits per heavy atom. The Kier molecular flexibility index (Phi) is 7.46. The summed E-state index contributed by atoms with van der Waals surface area (Å²) >= 11 is 1.30. The number of hydrogen-bond donors (Lipinski definition) is 0. The zero-order valence-electron chi connectivity index (χ0n) is 23.3. The molecule has 1 aliphatic heterocycles. The van der Waals surface area contributed by atoms with E-state index in [4.69, 9.17) is 14.5 Å². The number of rotatable bonds is 8. The first-order chi connectivity index (χ1) is 20.5. The second-order valence-corrected chi connectivity index (χ2v) is 10.8. The van der Waals surface area contributed by atoms with Gasteiger partial charge in [-0.3, -0.25) is 9.36 Å². The fourth-order valence-corrected chi connectivity index (χ4v) is 6.38. The first kappa shape index (κ1) is 27.2. The molecule has 0 N–H and O–H groups in total. The topological polar surface area (TPSA) is 74.8 Å². The van der Waals surface area contributed by atoms with Crippen molar-refractivity contribution in [2.24, 2.45) is 4.99 Å². The van der Waals surface area contributed by atoms with E-state index >= 15 is 0 Å². The minimum absolute atomic E-state index is 0.189. The minimum atomic E-state index is -0.769. The lowest BCUT2D eigenvalue weighted by molar-refractivity contribution is -0.138. The number of methoxy groups -OCH3 is 1. The molecule has 0 bridgehead atoms. The Bertz CT molecular complexity index is 2030. The first-order valence-electron chi connectivity index (χ1n) is 13.6. The van der Waals surface area contributed by atoms with Crippen LogP contribution in [0.2, 0.25) is 0 Å². The number of aromatic nitrogens is 2. The molecule has 6 rings (SSSR count).